The number of nitrogens with zero attached hydrogens (tertiary/aromatic N) is 2. The normalized spacial score (nSPS) is 16.3. The number of hydrogen-bond donors (Lipinski definition) is 1. The zero-order valence-corrected chi connectivity index (χ0v) is 22.6. The van der Waals surface area contributed by atoms with Gasteiger partial charge in [-0.3, -0.25) is 4.99 Å². The van der Waals surface area contributed by atoms with Gasteiger partial charge in [0.25, 0.3) is 0 Å². The molecule has 1 atom stereocenters. The number of nitrogens with one attached hydrogen (secondary N) is 1. The number of hydrogen-bond acceptors (Lipinski definition) is 5. The molecule has 2 aliphatic rings. The fourth-order valence-electron chi connectivity index (χ4n) is 3.71. The molecular weight excluding hydrogens is 501 g/mol. The van der Waals surface area contributed by atoms with Gasteiger partial charge in [-0.2, -0.15) is 13.2 Å². The summed E-state index contributed by atoms with van der Waals surface area (Å²) in [5.74, 6) is -0.289. The van der Waals surface area contributed by atoms with Gasteiger partial charge in [-0.05, 0) is 45.0 Å². The van der Waals surface area contributed by atoms with Crippen molar-refractivity contribution in [3.8, 4) is 0 Å². The summed E-state index contributed by atoms with van der Waals surface area (Å²) >= 11 is 0. The van der Waals surface area contributed by atoms with Crippen LogP contribution in [-0.2, 0) is 14.3 Å². The lowest BCUT2D eigenvalue weighted by Crippen LogP contribution is -2.35. The number of ether oxygens (including phenoxy) is 1. The smallest absolute Gasteiger partial charge is 0.379 e. The van der Waals surface area contributed by atoms with Crippen LogP contribution in [-0.4, -0.2) is 71.1 Å². The Morgan fingerprint density at radius 3 is 2.08 bits per heavy atom. The van der Waals surface area contributed by atoms with Crippen LogP contribution in [0.4, 0.5) is 17.6 Å². The van der Waals surface area contributed by atoms with E-state index in [9.17, 15) is 22.4 Å². The number of aliphatic imine (C=N–C) groups is 1. The number of halogens is 4. The minimum atomic E-state index is -3.67. The minimum absolute atomic E-state index is 0.257. The molecule has 11 heteroatoms. The summed E-state index contributed by atoms with van der Waals surface area (Å²) in [5.41, 5.74) is 1.82. The SMILES string of the molecule is C1CCCCC1.CC=O.FC(F)F.[B]C(=O)C1=C(NC=NC(COCC)c2ccc(F)cc2)CN(C)CC1. The van der Waals surface area contributed by atoms with E-state index in [2.05, 4.69) is 15.2 Å². The lowest BCUT2D eigenvalue weighted by atomic mass is 9.89. The molecule has 38 heavy (non-hydrogen) atoms. The average Bonchev–Trinajstić information content (AvgIpc) is 2.88. The van der Waals surface area contributed by atoms with Crippen molar-refractivity contribution in [3.05, 3.63) is 46.9 Å². The van der Waals surface area contributed by atoms with Crippen LogP contribution >= 0.6 is 0 Å². The van der Waals surface area contributed by atoms with Gasteiger partial charge in [-0.1, -0.05) is 50.7 Å². The first kappa shape index (κ1) is 35.5. The molecule has 1 N–H and O–H groups in total. The summed E-state index contributed by atoms with van der Waals surface area (Å²) in [6, 6.07) is 5.94. The largest absolute Gasteiger partial charge is 0.379 e. The number of carbonyl (C=O) groups excluding carboxylic acids is 2. The number of carbonyl (C=O) groups is 2. The topological polar surface area (TPSA) is 71.0 Å². The Labute approximate surface area is 225 Å². The molecule has 1 aromatic carbocycles. The molecule has 0 saturated heterocycles. The Morgan fingerprint density at radius 1 is 1.13 bits per heavy atom. The van der Waals surface area contributed by atoms with Gasteiger partial charge in [0.05, 0.1) is 19.0 Å². The van der Waals surface area contributed by atoms with Gasteiger partial charge < -0.3 is 24.5 Å². The maximum Gasteiger partial charge on any atom is 0.379 e. The quantitative estimate of drug-likeness (QED) is 0.154. The molecular formula is C27H40BF4N3O3. The second-order valence-electron chi connectivity index (χ2n) is 8.56. The van der Waals surface area contributed by atoms with E-state index in [1.54, 1.807) is 18.5 Å². The van der Waals surface area contributed by atoms with Crippen LogP contribution in [0.3, 0.4) is 0 Å². The summed E-state index contributed by atoms with van der Waals surface area (Å²) < 4.78 is 47.6. The van der Waals surface area contributed by atoms with Gasteiger partial charge >= 0.3 is 6.68 Å². The molecule has 0 spiro atoms. The highest BCUT2D eigenvalue weighted by Crippen LogP contribution is 2.19. The van der Waals surface area contributed by atoms with Crippen LogP contribution in [0.2, 0.25) is 0 Å². The van der Waals surface area contributed by atoms with Crippen molar-refractivity contribution in [1.29, 1.82) is 0 Å². The van der Waals surface area contributed by atoms with E-state index in [0.29, 0.717) is 31.8 Å². The van der Waals surface area contributed by atoms with Crippen molar-refractivity contribution < 1.29 is 31.9 Å². The second-order valence-corrected chi connectivity index (χ2v) is 8.56. The lowest BCUT2D eigenvalue weighted by Gasteiger charge is -2.26. The number of benzene rings is 1. The van der Waals surface area contributed by atoms with E-state index in [4.69, 9.17) is 17.4 Å². The van der Waals surface area contributed by atoms with Crippen molar-refractivity contribution in [1.82, 2.24) is 10.2 Å². The van der Waals surface area contributed by atoms with Crippen LogP contribution < -0.4 is 5.32 Å². The molecule has 1 fully saturated rings. The van der Waals surface area contributed by atoms with Gasteiger partial charge in [0.15, 0.2) is 7.85 Å². The molecule has 6 nitrogen and oxygen atoms in total. The molecule has 0 bridgehead atoms. The van der Waals surface area contributed by atoms with Crippen molar-refractivity contribution in [2.75, 3.05) is 33.4 Å². The van der Waals surface area contributed by atoms with E-state index >= 15 is 0 Å². The Bertz CT molecular complexity index is 821. The first-order valence-electron chi connectivity index (χ1n) is 12.8. The summed E-state index contributed by atoms with van der Waals surface area (Å²) in [7, 11) is 7.43. The molecule has 212 valence electrons. The molecule has 1 aliphatic carbocycles. The zero-order chi connectivity index (χ0) is 28.8. The molecule has 3 rings (SSSR count). The first-order valence-corrected chi connectivity index (χ1v) is 12.8. The number of likely N-dealkylation sites (N-methyl/N-ethyl adjacent to an activating group) is 1. The summed E-state index contributed by atoms with van der Waals surface area (Å²) in [6.07, 6.45) is 11.9. The van der Waals surface area contributed by atoms with Gasteiger partial charge in [0.1, 0.15) is 17.8 Å². The standard InChI is InChI=1S/C18H23BFN3O2.C6H12.C2H4O.CHF3/c1-3-25-11-17(13-4-6-14(20)7-5-13)22-12-21-16-10-23(2)9-8-15(16)18(19)24;1-2-4-6-5-3-1;1-2-3;2-1(3)4/h4-7,12,17H,3,8-11H2,1-2H3,(H,21,22);1-6H2;2H,1H3;1H. The van der Waals surface area contributed by atoms with Crippen molar-refractivity contribution in [2.24, 2.45) is 4.99 Å². The maximum absolute atomic E-state index is 13.1. The third-order valence-corrected chi connectivity index (χ3v) is 5.56. The zero-order valence-electron chi connectivity index (χ0n) is 22.6. The molecule has 0 aromatic heterocycles. The number of rotatable bonds is 8. The van der Waals surface area contributed by atoms with Gasteiger partial charge in [-0.25, -0.2) is 4.39 Å². The Kier molecular flexibility index (Phi) is 21.0. The van der Waals surface area contributed by atoms with E-state index in [1.807, 2.05) is 14.0 Å². The third kappa shape index (κ3) is 17.8. The van der Waals surface area contributed by atoms with Gasteiger partial charge in [-0.15, -0.1) is 0 Å². The molecule has 1 unspecified atom stereocenters. The highest BCUT2D eigenvalue weighted by Gasteiger charge is 2.18. The van der Waals surface area contributed by atoms with E-state index < -0.39 is 12.4 Å². The van der Waals surface area contributed by atoms with Gasteiger partial charge in [0, 0.05) is 31.0 Å². The third-order valence-electron chi connectivity index (χ3n) is 5.56. The number of aldehydes is 1. The van der Waals surface area contributed by atoms with Crippen molar-refractivity contribution in [2.45, 2.75) is 71.5 Å². The van der Waals surface area contributed by atoms with Crippen LogP contribution in [0.15, 0.2) is 40.5 Å². The first-order chi connectivity index (χ1) is 18.2. The molecule has 0 amide bonds. The Morgan fingerprint density at radius 2 is 1.63 bits per heavy atom. The summed E-state index contributed by atoms with van der Waals surface area (Å²) in [6.45, 7) is 2.05. The predicted octanol–water partition coefficient (Wildman–Crippen LogP) is 5.53. The summed E-state index contributed by atoms with van der Waals surface area (Å²) in [5, 5.41) is 3.09. The monoisotopic (exact) mass is 541 g/mol. The van der Waals surface area contributed by atoms with E-state index in [1.165, 1.54) is 57.6 Å². The average molecular weight is 541 g/mol. The molecule has 1 aliphatic heterocycles. The van der Waals surface area contributed by atoms with Gasteiger partial charge in [0.2, 0.25) is 0 Å². The van der Waals surface area contributed by atoms with Crippen LogP contribution in [0.25, 0.3) is 0 Å². The Balaban J connectivity index is 0.000000863. The Hall–Kier alpha value is -2.53. The molecule has 1 aromatic rings. The van der Waals surface area contributed by atoms with Crippen LogP contribution in [0.5, 0.6) is 0 Å². The highest BCUT2D eigenvalue weighted by atomic mass is 19.4. The fraction of sp³-hybridized carbons (Fsp3) is 0.593. The predicted molar refractivity (Wildman–Crippen MR) is 144 cm³/mol. The minimum Gasteiger partial charge on any atom is -0.379 e. The van der Waals surface area contributed by atoms with Crippen LogP contribution in [0.1, 0.15) is 70.4 Å². The second kappa shape index (κ2) is 22.5. The molecule has 2 radical (unpaired) electrons. The maximum atomic E-state index is 13.1. The summed E-state index contributed by atoms with van der Waals surface area (Å²) in [4.78, 5) is 27.0. The van der Waals surface area contributed by atoms with E-state index in [0.717, 1.165) is 24.1 Å². The van der Waals surface area contributed by atoms with Crippen molar-refractivity contribution in [3.63, 3.8) is 0 Å². The van der Waals surface area contributed by atoms with E-state index in [-0.39, 0.29) is 11.9 Å². The molecule has 1 saturated carbocycles. The lowest BCUT2D eigenvalue weighted by molar-refractivity contribution is -0.109. The highest BCUT2D eigenvalue weighted by molar-refractivity contribution is 6.62. The number of alkyl halides is 3. The molecule has 1 heterocycles. The fourth-order valence-corrected chi connectivity index (χ4v) is 3.71. The van der Waals surface area contributed by atoms with Crippen molar-refractivity contribution >= 4 is 26.2 Å². The van der Waals surface area contributed by atoms with Crippen LogP contribution in [0, 0.1) is 5.82 Å².